The maximum absolute atomic E-state index is 8.54. The summed E-state index contributed by atoms with van der Waals surface area (Å²) in [5.41, 5.74) is 0. The largest absolute Gasteiger partial charge is 0.391 e. The highest BCUT2D eigenvalue weighted by Gasteiger charge is 1.87. The third kappa shape index (κ3) is 3.92. The van der Waals surface area contributed by atoms with Gasteiger partial charge in [-0.1, -0.05) is 0 Å². The van der Waals surface area contributed by atoms with Crippen molar-refractivity contribution in [1.82, 2.24) is 0 Å². The van der Waals surface area contributed by atoms with Crippen molar-refractivity contribution in [3.63, 3.8) is 0 Å². The summed E-state index contributed by atoms with van der Waals surface area (Å²) in [6.07, 6.45) is -0.717. The summed E-state index contributed by atoms with van der Waals surface area (Å²) in [6.45, 7) is 1.32. The predicted octanol–water partition coefficient (Wildman–Crippen LogP) is 0.0136. The lowest BCUT2D eigenvalue weighted by atomic mass is 10.5. The average molecular weight is 94.1 g/mol. The molecule has 0 bridgehead atoms. The highest BCUT2D eigenvalue weighted by Crippen LogP contribution is 1.75. The van der Waals surface area contributed by atoms with E-state index in [2.05, 4.69) is 4.74 Å². The van der Waals surface area contributed by atoms with Crippen molar-refractivity contribution in [1.29, 1.82) is 0 Å². The van der Waals surface area contributed by atoms with Crippen LogP contribution in [-0.4, -0.2) is 24.9 Å². The van der Waals surface area contributed by atoms with Gasteiger partial charge in [-0.05, 0) is 6.92 Å². The lowest BCUT2D eigenvalue weighted by molar-refractivity contribution is 0.0765. The van der Waals surface area contributed by atoms with Crippen LogP contribution in [0.4, 0.5) is 0 Å². The van der Waals surface area contributed by atoms with Crippen molar-refractivity contribution in [2.24, 2.45) is 0 Å². The molecule has 1 N–H and O–H groups in total. The number of aliphatic hydroxyl groups excluding tert-OH is 1. The summed E-state index contributed by atoms with van der Waals surface area (Å²) in [4.78, 5) is 0. The molecule has 0 aliphatic heterocycles. The molecule has 0 aliphatic carbocycles. The highest BCUT2D eigenvalue weighted by atomic mass is 16.5. The molecule has 0 heterocycles. The Morgan fingerprint density at radius 1 is 2.17 bits per heavy atom. The Morgan fingerprint density at radius 3 is 3.00 bits per heavy atom. The maximum Gasteiger partial charge on any atom is 0.0745 e. The zero-order valence-corrected chi connectivity index (χ0v) is 3.64. The Balaban J connectivity index is 3.28. The van der Waals surface area contributed by atoms with Crippen LogP contribution in [-0.2, 0) is 4.74 Å². The maximum atomic E-state index is 8.54. The SMILES string of the molecule is [2H][13C]([2H])([2H])OCC(C)O. The molecule has 2 heteroatoms. The lowest BCUT2D eigenvalue weighted by Gasteiger charge is -1.97. The van der Waals surface area contributed by atoms with E-state index in [1.165, 1.54) is 6.92 Å². The van der Waals surface area contributed by atoms with Gasteiger partial charge in [0.15, 0.2) is 0 Å². The van der Waals surface area contributed by atoms with Gasteiger partial charge in [0.2, 0.25) is 0 Å². The van der Waals surface area contributed by atoms with Gasteiger partial charge in [0.05, 0.1) is 16.8 Å². The van der Waals surface area contributed by atoms with E-state index in [0.717, 1.165) is 0 Å². The van der Waals surface area contributed by atoms with Gasteiger partial charge < -0.3 is 9.84 Å². The molecule has 0 fully saturated rings. The quantitative estimate of drug-likeness (QED) is 0.488. The van der Waals surface area contributed by atoms with Crippen LogP contribution in [0.1, 0.15) is 11.0 Å². The molecule has 38 valence electrons. The van der Waals surface area contributed by atoms with Crippen molar-refractivity contribution in [3.8, 4) is 0 Å². The van der Waals surface area contributed by atoms with Crippen LogP contribution in [0.25, 0.3) is 0 Å². The molecular formula is C4H10O2. The highest BCUT2D eigenvalue weighted by molar-refractivity contribution is 4.36. The topological polar surface area (TPSA) is 29.5 Å². The molecule has 0 aromatic heterocycles. The van der Waals surface area contributed by atoms with Crippen LogP contribution in [0, 0.1) is 0 Å². The third-order valence-electron chi connectivity index (χ3n) is 0.325. The van der Waals surface area contributed by atoms with Crippen molar-refractivity contribution in [3.05, 3.63) is 0 Å². The lowest BCUT2D eigenvalue weighted by Crippen LogP contribution is -2.07. The minimum atomic E-state index is -2.38. The van der Waals surface area contributed by atoms with Gasteiger partial charge in [0.25, 0.3) is 0 Å². The summed E-state index contributed by atoms with van der Waals surface area (Å²) in [5.74, 6) is 0. The second-order valence-corrected chi connectivity index (χ2v) is 1.16. The second kappa shape index (κ2) is 3.12. The summed E-state index contributed by atoms with van der Waals surface area (Å²) >= 11 is 0. The number of rotatable bonds is 2. The molecule has 0 rings (SSSR count). The predicted molar refractivity (Wildman–Crippen MR) is 23.6 cm³/mol. The Morgan fingerprint density at radius 2 is 2.83 bits per heavy atom. The fourth-order valence-corrected chi connectivity index (χ4v) is 0.121. The zero-order valence-electron chi connectivity index (χ0n) is 6.64. The molecule has 0 radical (unpaired) electrons. The first-order valence-electron chi connectivity index (χ1n) is 3.24. The molecule has 1 atom stereocenters. The van der Waals surface area contributed by atoms with E-state index in [1.807, 2.05) is 0 Å². The molecule has 6 heavy (non-hydrogen) atoms. The molecule has 0 saturated carbocycles. The van der Waals surface area contributed by atoms with Crippen LogP contribution >= 0.6 is 0 Å². The first-order chi connectivity index (χ1) is 3.92. The van der Waals surface area contributed by atoms with Crippen LogP contribution in [0.2, 0.25) is 0 Å². The molecule has 0 aliphatic rings. The van der Waals surface area contributed by atoms with E-state index in [-0.39, 0.29) is 6.61 Å². The monoisotopic (exact) mass is 94.1 g/mol. The van der Waals surface area contributed by atoms with Gasteiger partial charge in [-0.25, -0.2) is 0 Å². The van der Waals surface area contributed by atoms with E-state index >= 15 is 0 Å². The molecule has 0 aromatic carbocycles. The summed E-state index contributed by atoms with van der Waals surface area (Å²) in [5, 5.41) is 8.54. The smallest absolute Gasteiger partial charge is 0.0745 e. The summed E-state index contributed by atoms with van der Waals surface area (Å²) < 4.78 is 23.8. The molecule has 0 saturated heterocycles. The summed E-state index contributed by atoms with van der Waals surface area (Å²) in [6, 6.07) is 0. The van der Waals surface area contributed by atoms with E-state index in [4.69, 9.17) is 9.22 Å². The first-order valence-corrected chi connectivity index (χ1v) is 1.74. The van der Waals surface area contributed by atoms with Crippen LogP contribution in [0.15, 0.2) is 0 Å². The van der Waals surface area contributed by atoms with Crippen LogP contribution in [0.3, 0.4) is 0 Å². The Labute approximate surface area is 42.0 Å². The van der Waals surface area contributed by atoms with Crippen LogP contribution in [0.5, 0.6) is 0 Å². The third-order valence-corrected chi connectivity index (χ3v) is 0.325. The fourth-order valence-electron chi connectivity index (χ4n) is 0.121. The standard InChI is InChI=1S/C4H10O2/c1-4(5)3-6-2/h4-5H,3H2,1-2H3/i2+1D3. The first kappa shape index (κ1) is 2.28. The van der Waals surface area contributed by atoms with E-state index < -0.39 is 13.1 Å². The Hall–Kier alpha value is -0.0800. The molecule has 2 nitrogen and oxygen atoms in total. The minimum absolute atomic E-state index is 0.142. The number of aliphatic hydroxyl groups is 1. The van der Waals surface area contributed by atoms with Gasteiger partial charge >= 0.3 is 0 Å². The minimum Gasteiger partial charge on any atom is -0.391 e. The van der Waals surface area contributed by atoms with Gasteiger partial charge in [-0.15, -0.1) is 0 Å². The van der Waals surface area contributed by atoms with Crippen molar-refractivity contribution >= 4 is 0 Å². The molecular weight excluding hydrogens is 81.0 g/mol. The van der Waals surface area contributed by atoms with Gasteiger partial charge in [-0.2, -0.15) is 0 Å². The Kier molecular flexibility index (Phi) is 1.19. The molecule has 0 amide bonds. The van der Waals surface area contributed by atoms with E-state index in [0.29, 0.717) is 0 Å². The average Bonchev–Trinajstić information content (AvgIpc) is 1.59. The number of hydrogen-bond donors (Lipinski definition) is 1. The zero-order chi connectivity index (χ0) is 7.49. The normalized spacial score (nSPS) is 24.0. The second-order valence-electron chi connectivity index (χ2n) is 1.16. The number of hydrogen-bond acceptors (Lipinski definition) is 2. The van der Waals surface area contributed by atoms with Gasteiger partial charge in [0, 0.05) is 7.04 Å². The molecule has 1 unspecified atom stereocenters. The van der Waals surface area contributed by atoms with Gasteiger partial charge in [0.1, 0.15) is 0 Å². The number of ether oxygens (including phenoxy) is 1. The Bertz CT molecular complexity index is 78.4. The van der Waals surface area contributed by atoms with Gasteiger partial charge in [-0.3, -0.25) is 0 Å². The molecule has 0 aromatic rings. The van der Waals surface area contributed by atoms with Crippen molar-refractivity contribution in [2.75, 3.05) is 13.6 Å². The molecule has 0 spiro atoms. The fraction of sp³-hybridized carbons (Fsp3) is 1.00. The van der Waals surface area contributed by atoms with E-state index in [9.17, 15) is 0 Å². The van der Waals surface area contributed by atoms with Crippen LogP contribution < -0.4 is 0 Å². The number of methoxy groups -OCH3 is 1. The summed E-state index contributed by atoms with van der Waals surface area (Å²) in [7, 11) is -2.38. The van der Waals surface area contributed by atoms with E-state index in [1.54, 1.807) is 0 Å². The van der Waals surface area contributed by atoms with Crippen molar-refractivity contribution in [2.45, 2.75) is 13.0 Å². The van der Waals surface area contributed by atoms with Crippen molar-refractivity contribution < 1.29 is 14.0 Å².